The highest BCUT2D eigenvalue weighted by Gasteiger charge is 2.56. The van der Waals surface area contributed by atoms with Gasteiger partial charge in [0.05, 0.1) is 45.8 Å². The molecule has 15 heteroatoms. The van der Waals surface area contributed by atoms with E-state index in [2.05, 4.69) is 5.32 Å². The van der Waals surface area contributed by atoms with Gasteiger partial charge in [0.1, 0.15) is 24.4 Å². The number of hydrogen-bond donors (Lipinski definition) is 7. The van der Waals surface area contributed by atoms with Crippen LogP contribution >= 0.6 is 0 Å². The van der Waals surface area contributed by atoms with Gasteiger partial charge >= 0.3 is 5.97 Å². The molecule has 15 nitrogen and oxygen atoms in total. The van der Waals surface area contributed by atoms with E-state index in [1.165, 1.54) is 14.2 Å². The second kappa shape index (κ2) is 11.3. The first-order valence-electron chi connectivity index (χ1n) is 13.9. The minimum Gasteiger partial charge on any atom is -0.502 e. The fourth-order valence-corrected chi connectivity index (χ4v) is 6.66. The number of nitrogens with one attached hydrogen (secondary N) is 1. The maximum absolute atomic E-state index is 13.5. The van der Waals surface area contributed by atoms with E-state index in [1.54, 1.807) is 24.3 Å². The largest absolute Gasteiger partial charge is 0.502 e. The summed E-state index contributed by atoms with van der Waals surface area (Å²) in [6.45, 7) is -0.903. The first-order chi connectivity index (χ1) is 21.0. The van der Waals surface area contributed by atoms with Crippen LogP contribution in [0.3, 0.4) is 0 Å². The van der Waals surface area contributed by atoms with Crippen molar-refractivity contribution >= 4 is 11.9 Å². The van der Waals surface area contributed by atoms with Gasteiger partial charge < -0.3 is 64.4 Å². The van der Waals surface area contributed by atoms with Gasteiger partial charge in [-0.2, -0.15) is 0 Å². The van der Waals surface area contributed by atoms with Crippen molar-refractivity contribution in [2.75, 3.05) is 34.2 Å². The average molecular weight is 620 g/mol. The highest BCUT2D eigenvalue weighted by molar-refractivity contribution is 5.81. The number of amides is 1. The number of esters is 1. The third kappa shape index (κ3) is 4.76. The lowest BCUT2D eigenvalue weighted by atomic mass is 9.65. The number of fused-ring (bicyclic) bond motifs is 3. The maximum Gasteiger partial charge on any atom is 0.310 e. The summed E-state index contributed by atoms with van der Waals surface area (Å²) in [5.74, 6) is -5.29. The molecule has 2 aromatic carbocycles. The zero-order chi connectivity index (χ0) is 31.5. The number of carbonyl (C=O) groups excluding carboxylic acids is 2. The zero-order valence-electron chi connectivity index (χ0n) is 23.7. The van der Waals surface area contributed by atoms with Crippen molar-refractivity contribution < 1.29 is 68.6 Å². The molecule has 0 saturated carbocycles. The standard InChI is InChI=1S/C29H33NO14/c1-39-17-3-11(4-18(40-2)24(17)33)21-12-5-15-16(43-10-42-15)6-13(12)23(14-9-41-28(37)22(14)21)30-20(32)7-29(38)27(36)26(35)25(34)19(8-31)44-29/h3-6,14,19,21-23,25-27,31,33-36,38H,7-10H2,1-2H3,(H,30,32)/t14-,19+,21+,22-,23+,25+,26-,27+,29-/m0/s1. The SMILES string of the molecule is COc1cc([C@@H]2c3cc4c(cc3[C@@H](NC(=O)C[C@]3(O)O[C@H](CO)[C@@H](O)[C@H](O)[C@H]3O)[C@H]3COC(=O)[C@H]23)OCO4)cc(OC)c1O. The number of rotatable bonds is 7. The topological polar surface area (TPSA) is 223 Å². The lowest BCUT2D eigenvalue weighted by molar-refractivity contribution is -0.348. The van der Waals surface area contributed by atoms with Crippen LogP contribution in [0.1, 0.15) is 35.1 Å². The van der Waals surface area contributed by atoms with Gasteiger partial charge in [-0.1, -0.05) is 0 Å². The molecule has 0 radical (unpaired) electrons. The van der Waals surface area contributed by atoms with Crippen LogP contribution in [0.2, 0.25) is 0 Å². The summed E-state index contributed by atoms with van der Waals surface area (Å²) in [4.78, 5) is 26.8. The number of phenolic OH excluding ortho intramolecular Hbond substituents is 1. The number of carbonyl (C=O) groups is 2. The number of aliphatic hydroxyl groups excluding tert-OH is 4. The fourth-order valence-electron chi connectivity index (χ4n) is 6.66. The summed E-state index contributed by atoms with van der Waals surface area (Å²) in [5.41, 5.74) is 1.70. The Morgan fingerprint density at radius 2 is 1.64 bits per heavy atom. The highest BCUT2D eigenvalue weighted by Crippen LogP contribution is 2.55. The molecule has 0 spiro atoms. The predicted octanol–water partition coefficient (Wildman–Crippen LogP) is -1.22. The van der Waals surface area contributed by atoms with Gasteiger partial charge in [-0.3, -0.25) is 9.59 Å². The van der Waals surface area contributed by atoms with Gasteiger partial charge in [0.2, 0.25) is 24.2 Å². The molecule has 3 heterocycles. The molecule has 1 aliphatic carbocycles. The molecule has 0 aromatic heterocycles. The Bertz CT molecular complexity index is 1440. The Labute approximate surface area is 250 Å². The molecule has 7 N–H and O–H groups in total. The van der Waals surface area contributed by atoms with E-state index >= 15 is 0 Å². The van der Waals surface area contributed by atoms with E-state index < -0.39 is 78.9 Å². The molecule has 238 valence electrons. The summed E-state index contributed by atoms with van der Waals surface area (Å²) >= 11 is 0. The lowest BCUT2D eigenvalue weighted by Gasteiger charge is -2.45. The van der Waals surface area contributed by atoms with E-state index in [-0.39, 0.29) is 30.6 Å². The number of cyclic esters (lactones) is 1. The molecule has 1 amide bonds. The normalized spacial score (nSPS) is 33.7. The number of aromatic hydroxyl groups is 1. The van der Waals surface area contributed by atoms with Gasteiger partial charge in [0.25, 0.3) is 0 Å². The van der Waals surface area contributed by atoms with Crippen LogP contribution in [0.4, 0.5) is 0 Å². The third-order valence-corrected chi connectivity index (χ3v) is 8.83. The van der Waals surface area contributed by atoms with Crippen molar-refractivity contribution in [3.05, 3.63) is 41.0 Å². The number of ether oxygens (including phenoxy) is 6. The monoisotopic (exact) mass is 619 g/mol. The molecule has 44 heavy (non-hydrogen) atoms. The van der Waals surface area contributed by atoms with E-state index in [9.17, 15) is 40.2 Å². The Morgan fingerprint density at radius 3 is 2.25 bits per heavy atom. The van der Waals surface area contributed by atoms with Crippen LogP contribution < -0.4 is 24.3 Å². The Morgan fingerprint density at radius 1 is 1.00 bits per heavy atom. The highest BCUT2D eigenvalue weighted by atomic mass is 16.7. The number of benzene rings is 2. The third-order valence-electron chi connectivity index (χ3n) is 8.83. The van der Waals surface area contributed by atoms with Crippen LogP contribution in [0.15, 0.2) is 24.3 Å². The predicted molar refractivity (Wildman–Crippen MR) is 144 cm³/mol. The summed E-state index contributed by atoms with van der Waals surface area (Å²) in [7, 11) is 2.76. The number of hydrogen-bond acceptors (Lipinski definition) is 14. The zero-order valence-corrected chi connectivity index (χ0v) is 23.7. The van der Waals surface area contributed by atoms with E-state index in [0.29, 0.717) is 28.2 Å². The van der Waals surface area contributed by atoms with Gasteiger partial charge in [0.15, 0.2) is 23.0 Å². The molecule has 2 fully saturated rings. The van der Waals surface area contributed by atoms with Gasteiger partial charge in [-0.05, 0) is 41.0 Å². The van der Waals surface area contributed by atoms with E-state index in [1.807, 2.05) is 0 Å². The molecule has 2 saturated heterocycles. The van der Waals surface area contributed by atoms with Crippen molar-refractivity contribution in [1.82, 2.24) is 5.32 Å². The van der Waals surface area contributed by atoms with Crippen LogP contribution in [0, 0.1) is 11.8 Å². The molecule has 2 aromatic rings. The molecule has 3 aliphatic heterocycles. The lowest BCUT2D eigenvalue weighted by Crippen LogP contribution is -2.66. The van der Waals surface area contributed by atoms with E-state index in [4.69, 9.17) is 28.4 Å². The van der Waals surface area contributed by atoms with Crippen LogP contribution in [0.5, 0.6) is 28.7 Å². The Kier molecular flexibility index (Phi) is 7.72. The van der Waals surface area contributed by atoms with Gasteiger partial charge in [0, 0.05) is 11.8 Å². The van der Waals surface area contributed by atoms with Crippen LogP contribution in [0.25, 0.3) is 0 Å². The minimum absolute atomic E-state index is 0.0435. The van der Waals surface area contributed by atoms with Crippen molar-refractivity contribution in [3.63, 3.8) is 0 Å². The summed E-state index contributed by atoms with van der Waals surface area (Å²) in [6.07, 6.45) is -8.03. The number of phenols is 1. The Balaban J connectivity index is 1.40. The molecule has 9 atom stereocenters. The smallest absolute Gasteiger partial charge is 0.310 e. The number of aliphatic hydroxyl groups is 5. The fraction of sp³-hybridized carbons (Fsp3) is 0.517. The molecule has 4 aliphatic rings. The summed E-state index contributed by atoms with van der Waals surface area (Å²) in [5, 5.41) is 64.6. The van der Waals surface area contributed by atoms with Gasteiger partial charge in [-0.25, -0.2) is 0 Å². The average Bonchev–Trinajstić information content (AvgIpc) is 3.63. The quantitative estimate of drug-likeness (QED) is 0.181. The van der Waals surface area contributed by atoms with Crippen LogP contribution in [-0.4, -0.2) is 107 Å². The number of methoxy groups -OCH3 is 2. The van der Waals surface area contributed by atoms with Crippen LogP contribution in [-0.2, 0) is 19.1 Å². The first kappa shape index (κ1) is 30.2. The first-order valence-corrected chi connectivity index (χ1v) is 13.9. The molecular formula is C29H33NO14. The van der Waals surface area contributed by atoms with Crippen molar-refractivity contribution in [2.24, 2.45) is 11.8 Å². The summed E-state index contributed by atoms with van der Waals surface area (Å²) < 4.78 is 32.7. The summed E-state index contributed by atoms with van der Waals surface area (Å²) in [6, 6.07) is 5.71. The maximum atomic E-state index is 13.5. The van der Waals surface area contributed by atoms with Crippen molar-refractivity contribution in [2.45, 2.75) is 48.6 Å². The van der Waals surface area contributed by atoms with Crippen molar-refractivity contribution in [3.8, 4) is 28.7 Å². The molecule has 6 rings (SSSR count). The molecule has 0 unspecified atom stereocenters. The molecule has 0 bridgehead atoms. The molecular weight excluding hydrogens is 586 g/mol. The second-order valence-electron chi connectivity index (χ2n) is 11.2. The van der Waals surface area contributed by atoms with E-state index in [0.717, 1.165) is 0 Å². The van der Waals surface area contributed by atoms with Gasteiger partial charge in [-0.15, -0.1) is 0 Å². The second-order valence-corrected chi connectivity index (χ2v) is 11.2. The van der Waals surface area contributed by atoms with Crippen molar-refractivity contribution in [1.29, 1.82) is 0 Å². The Hall–Kier alpha value is -3.86. The minimum atomic E-state index is -2.65.